The first-order valence-electron chi connectivity index (χ1n) is 7.89. The molecule has 0 aliphatic rings. The highest BCUT2D eigenvalue weighted by atomic mass is 19.1. The van der Waals surface area contributed by atoms with E-state index in [0.717, 1.165) is 27.9 Å². The van der Waals surface area contributed by atoms with Crippen molar-refractivity contribution < 1.29 is 9.13 Å². The highest BCUT2D eigenvalue weighted by Gasteiger charge is 2.11. The van der Waals surface area contributed by atoms with Crippen molar-refractivity contribution >= 4 is 10.9 Å². The third-order valence-corrected chi connectivity index (χ3v) is 4.18. The van der Waals surface area contributed by atoms with Crippen molar-refractivity contribution in [2.75, 3.05) is 7.11 Å². The second-order valence-electron chi connectivity index (χ2n) is 5.90. The van der Waals surface area contributed by atoms with Crippen molar-refractivity contribution in [3.05, 3.63) is 66.5 Å². The van der Waals surface area contributed by atoms with E-state index in [1.54, 1.807) is 31.8 Å². The molecule has 4 aromatic rings. The van der Waals surface area contributed by atoms with E-state index < -0.39 is 0 Å². The fourth-order valence-corrected chi connectivity index (χ4v) is 2.92. The van der Waals surface area contributed by atoms with Gasteiger partial charge in [0.05, 0.1) is 13.3 Å². The Balaban J connectivity index is 1.84. The number of fused-ring (bicyclic) bond motifs is 1. The highest BCUT2D eigenvalue weighted by molar-refractivity contribution is 5.90. The Labute approximate surface area is 144 Å². The first kappa shape index (κ1) is 15.3. The van der Waals surface area contributed by atoms with Gasteiger partial charge in [-0.15, -0.1) is 0 Å². The normalized spacial score (nSPS) is 11.0. The van der Waals surface area contributed by atoms with Crippen LogP contribution in [0.3, 0.4) is 0 Å². The highest BCUT2D eigenvalue weighted by Crippen LogP contribution is 2.31. The number of H-pyrrole nitrogens is 1. The second-order valence-corrected chi connectivity index (χ2v) is 5.90. The number of aryl methyl sites for hydroxylation is 1. The van der Waals surface area contributed by atoms with Crippen molar-refractivity contribution in [1.29, 1.82) is 0 Å². The van der Waals surface area contributed by atoms with Gasteiger partial charge in [0.1, 0.15) is 11.6 Å². The van der Waals surface area contributed by atoms with Crippen LogP contribution in [0.5, 0.6) is 5.75 Å². The van der Waals surface area contributed by atoms with Gasteiger partial charge < -0.3 is 9.72 Å². The monoisotopic (exact) mass is 333 g/mol. The Morgan fingerprint density at radius 3 is 2.72 bits per heavy atom. The van der Waals surface area contributed by atoms with E-state index in [4.69, 9.17) is 4.74 Å². The minimum Gasteiger partial charge on any atom is -0.495 e. The fraction of sp³-hybridized carbons (Fsp3) is 0.100. The molecule has 25 heavy (non-hydrogen) atoms. The molecule has 124 valence electrons. The number of pyridine rings is 2. The molecule has 0 aliphatic carbocycles. The van der Waals surface area contributed by atoms with Crippen LogP contribution in [-0.2, 0) is 0 Å². The van der Waals surface area contributed by atoms with Crippen molar-refractivity contribution in [2.45, 2.75) is 6.92 Å². The molecular formula is C20H16FN3O. The Morgan fingerprint density at radius 2 is 1.92 bits per heavy atom. The molecule has 1 N–H and O–H groups in total. The van der Waals surface area contributed by atoms with E-state index in [1.165, 1.54) is 6.07 Å². The molecule has 0 fully saturated rings. The first-order valence-corrected chi connectivity index (χ1v) is 7.89. The van der Waals surface area contributed by atoms with Gasteiger partial charge >= 0.3 is 0 Å². The molecule has 4 rings (SSSR count). The number of nitrogens with one attached hydrogen (secondary N) is 1. The SMILES string of the molecule is COc1cncc(-c2cc3cc(-c4ccnc(C)c4)[nH]c3cc2F)c1. The number of nitrogens with zero attached hydrogens (tertiary/aromatic N) is 2. The molecule has 0 atom stereocenters. The van der Waals surface area contributed by atoms with Crippen LogP contribution >= 0.6 is 0 Å². The smallest absolute Gasteiger partial charge is 0.137 e. The number of methoxy groups -OCH3 is 1. The second kappa shape index (κ2) is 6.02. The zero-order valence-electron chi connectivity index (χ0n) is 13.9. The summed E-state index contributed by atoms with van der Waals surface area (Å²) < 4.78 is 19.8. The number of hydrogen-bond donors (Lipinski definition) is 1. The molecule has 0 bridgehead atoms. The number of rotatable bonds is 3. The average Bonchev–Trinajstić information content (AvgIpc) is 3.04. The van der Waals surface area contributed by atoms with Crippen molar-refractivity contribution in [3.63, 3.8) is 0 Å². The molecule has 0 radical (unpaired) electrons. The first-order chi connectivity index (χ1) is 12.1. The largest absolute Gasteiger partial charge is 0.495 e. The van der Waals surface area contributed by atoms with Gasteiger partial charge in [0.15, 0.2) is 0 Å². The summed E-state index contributed by atoms with van der Waals surface area (Å²) in [6, 6.07) is 11.1. The molecule has 0 spiro atoms. The van der Waals surface area contributed by atoms with E-state index >= 15 is 0 Å². The van der Waals surface area contributed by atoms with Crippen LogP contribution < -0.4 is 4.74 Å². The Kier molecular flexibility index (Phi) is 3.69. The van der Waals surface area contributed by atoms with E-state index in [1.807, 2.05) is 31.2 Å². The lowest BCUT2D eigenvalue weighted by molar-refractivity contribution is 0.413. The van der Waals surface area contributed by atoms with Crippen LogP contribution in [0.1, 0.15) is 5.69 Å². The van der Waals surface area contributed by atoms with Crippen LogP contribution in [0, 0.1) is 12.7 Å². The third-order valence-electron chi connectivity index (χ3n) is 4.18. The summed E-state index contributed by atoms with van der Waals surface area (Å²) >= 11 is 0. The van der Waals surface area contributed by atoms with Gasteiger partial charge in [-0.05, 0) is 43.3 Å². The standard InChI is InChI=1S/C20H16FN3O/c1-12-5-13(3-4-23-12)19-8-14-7-17(18(21)9-20(14)24-19)15-6-16(25-2)11-22-10-15/h3-11,24H,1-2H3. The molecular weight excluding hydrogens is 317 g/mol. The topological polar surface area (TPSA) is 50.8 Å². The molecule has 0 unspecified atom stereocenters. The van der Waals surface area contributed by atoms with Crippen LogP contribution in [0.15, 0.2) is 55.0 Å². The van der Waals surface area contributed by atoms with Crippen molar-refractivity contribution in [2.24, 2.45) is 0 Å². The molecule has 0 saturated heterocycles. The molecule has 0 saturated carbocycles. The summed E-state index contributed by atoms with van der Waals surface area (Å²) in [6.45, 7) is 1.94. The van der Waals surface area contributed by atoms with Crippen molar-refractivity contribution in [3.8, 4) is 28.1 Å². The van der Waals surface area contributed by atoms with E-state index in [0.29, 0.717) is 16.9 Å². The number of aromatic amines is 1. The maximum atomic E-state index is 14.6. The zero-order chi connectivity index (χ0) is 17.4. The fourth-order valence-electron chi connectivity index (χ4n) is 2.92. The summed E-state index contributed by atoms with van der Waals surface area (Å²) in [5.74, 6) is 0.292. The Hall–Kier alpha value is -3.21. The van der Waals surface area contributed by atoms with Crippen LogP contribution in [0.4, 0.5) is 4.39 Å². The average molecular weight is 333 g/mol. The minimum atomic E-state index is -0.304. The summed E-state index contributed by atoms with van der Waals surface area (Å²) in [7, 11) is 1.56. The van der Waals surface area contributed by atoms with E-state index in [9.17, 15) is 4.39 Å². The van der Waals surface area contributed by atoms with Crippen LogP contribution in [0.25, 0.3) is 33.3 Å². The molecule has 0 amide bonds. The summed E-state index contributed by atoms with van der Waals surface area (Å²) in [5.41, 5.74) is 4.82. The molecule has 3 aromatic heterocycles. The van der Waals surface area contributed by atoms with Gasteiger partial charge in [0.2, 0.25) is 0 Å². The zero-order valence-corrected chi connectivity index (χ0v) is 13.9. The number of benzene rings is 1. The Bertz CT molecular complexity index is 1070. The van der Waals surface area contributed by atoms with Crippen LogP contribution in [-0.4, -0.2) is 22.1 Å². The number of ether oxygens (including phenoxy) is 1. The van der Waals surface area contributed by atoms with Crippen LogP contribution in [0.2, 0.25) is 0 Å². The predicted octanol–water partition coefficient (Wildman–Crippen LogP) is 4.75. The third kappa shape index (κ3) is 2.85. The summed E-state index contributed by atoms with van der Waals surface area (Å²) in [4.78, 5) is 11.6. The molecule has 1 aromatic carbocycles. The molecule has 4 nitrogen and oxygen atoms in total. The van der Waals surface area contributed by atoms with E-state index in [2.05, 4.69) is 15.0 Å². The molecule has 3 heterocycles. The predicted molar refractivity (Wildman–Crippen MR) is 96.0 cm³/mol. The number of hydrogen-bond acceptors (Lipinski definition) is 3. The summed E-state index contributed by atoms with van der Waals surface area (Å²) in [6.07, 6.45) is 5.00. The number of halogens is 1. The van der Waals surface area contributed by atoms with Gasteiger partial charge in [-0.3, -0.25) is 9.97 Å². The van der Waals surface area contributed by atoms with Gasteiger partial charge in [-0.25, -0.2) is 4.39 Å². The lowest BCUT2D eigenvalue weighted by Gasteiger charge is -2.05. The quantitative estimate of drug-likeness (QED) is 0.589. The Morgan fingerprint density at radius 1 is 1.04 bits per heavy atom. The van der Waals surface area contributed by atoms with Gasteiger partial charge in [-0.1, -0.05) is 0 Å². The molecule has 0 aliphatic heterocycles. The lowest BCUT2D eigenvalue weighted by atomic mass is 10.0. The summed E-state index contributed by atoms with van der Waals surface area (Å²) in [5, 5.41) is 0.934. The van der Waals surface area contributed by atoms with Crippen molar-refractivity contribution in [1.82, 2.24) is 15.0 Å². The van der Waals surface area contributed by atoms with E-state index in [-0.39, 0.29) is 5.82 Å². The lowest BCUT2D eigenvalue weighted by Crippen LogP contribution is -1.89. The van der Waals surface area contributed by atoms with Gasteiger partial charge in [0, 0.05) is 51.4 Å². The van der Waals surface area contributed by atoms with Gasteiger partial charge in [-0.2, -0.15) is 0 Å². The molecule has 5 heteroatoms. The maximum Gasteiger partial charge on any atom is 0.137 e. The minimum absolute atomic E-state index is 0.304. The van der Waals surface area contributed by atoms with Gasteiger partial charge in [0.25, 0.3) is 0 Å². The number of aromatic nitrogens is 3. The maximum absolute atomic E-state index is 14.6.